The molecule has 0 saturated carbocycles. The van der Waals surface area contributed by atoms with Crippen molar-refractivity contribution in [1.29, 1.82) is 0 Å². The minimum atomic E-state index is -1.17. The van der Waals surface area contributed by atoms with E-state index in [1.807, 2.05) is 36.4 Å². The highest BCUT2D eigenvalue weighted by molar-refractivity contribution is 6.37. The third-order valence-corrected chi connectivity index (χ3v) is 8.57. The van der Waals surface area contributed by atoms with Crippen molar-refractivity contribution in [2.24, 2.45) is 16.3 Å². The molecule has 14 nitrogen and oxygen atoms in total. The molecule has 14 heteroatoms. The molecule has 1 fully saturated rings. The van der Waals surface area contributed by atoms with Crippen molar-refractivity contribution in [3.05, 3.63) is 59.7 Å². The van der Waals surface area contributed by atoms with Gasteiger partial charge in [0.2, 0.25) is 24.4 Å². The number of primary amides is 1. The van der Waals surface area contributed by atoms with Crippen LogP contribution < -0.4 is 25.8 Å². The van der Waals surface area contributed by atoms with Gasteiger partial charge in [-0.15, -0.1) is 0 Å². The van der Waals surface area contributed by atoms with E-state index in [1.54, 1.807) is 39.8 Å². The number of Topliss-reactive ketones (excluding diaryl/α,β-unsaturated/α-hetero) is 1. The number of hydrogen-bond donors (Lipinski definition) is 3. The van der Waals surface area contributed by atoms with E-state index in [-0.39, 0.29) is 39.2 Å². The molecule has 1 saturated heterocycles. The zero-order valence-electron chi connectivity index (χ0n) is 27.4. The predicted octanol–water partition coefficient (Wildman–Crippen LogP) is 2.56. The van der Waals surface area contributed by atoms with Crippen LogP contribution in [-0.2, 0) is 35.4 Å². The van der Waals surface area contributed by atoms with Crippen LogP contribution in [0.5, 0.6) is 11.5 Å². The molecule has 0 aromatic heterocycles. The largest absolute Gasteiger partial charge is 0.454 e. The first-order valence-corrected chi connectivity index (χ1v) is 15.9. The summed E-state index contributed by atoms with van der Waals surface area (Å²) in [6, 6.07) is 11.1. The van der Waals surface area contributed by atoms with Crippen molar-refractivity contribution in [1.82, 2.24) is 15.5 Å². The summed E-state index contributed by atoms with van der Waals surface area (Å²) in [4.78, 5) is 72.9. The maximum atomic E-state index is 14.4. The van der Waals surface area contributed by atoms with Gasteiger partial charge in [-0.2, -0.15) is 0 Å². The smallest absolute Gasteiger partial charge is 0.408 e. The number of ketones is 1. The number of oxime groups is 1. The fraction of sp³-hybridized carbons (Fsp3) is 0.471. The number of carbonyl (C=O) groups is 5. The molecule has 2 aromatic rings. The molecule has 3 heterocycles. The van der Waals surface area contributed by atoms with E-state index in [9.17, 15) is 24.0 Å². The van der Waals surface area contributed by atoms with Gasteiger partial charge < -0.3 is 40.3 Å². The average Bonchev–Trinajstić information content (AvgIpc) is 3.80. The Bertz CT molecular complexity index is 1610. The van der Waals surface area contributed by atoms with Crippen LogP contribution in [0.3, 0.4) is 0 Å². The fourth-order valence-corrected chi connectivity index (χ4v) is 6.05. The van der Waals surface area contributed by atoms with Crippen molar-refractivity contribution >= 4 is 35.3 Å². The maximum Gasteiger partial charge on any atom is 0.408 e. The summed E-state index contributed by atoms with van der Waals surface area (Å²) in [7, 11) is 0. The molecule has 4 amide bonds. The summed E-state index contributed by atoms with van der Waals surface area (Å²) in [5.74, 6) is -2.14. The number of ether oxygens (including phenoxy) is 3. The second-order valence-corrected chi connectivity index (χ2v) is 13.3. The molecule has 3 aliphatic rings. The summed E-state index contributed by atoms with van der Waals surface area (Å²) >= 11 is 0. The van der Waals surface area contributed by atoms with E-state index >= 15 is 0 Å². The zero-order valence-corrected chi connectivity index (χ0v) is 27.4. The molecule has 0 radical (unpaired) electrons. The number of nitrogens with one attached hydrogen (secondary N) is 2. The number of nitrogens with zero attached hydrogens (tertiary/aromatic N) is 2. The van der Waals surface area contributed by atoms with Crippen LogP contribution in [0.25, 0.3) is 0 Å². The number of rotatable bonds is 11. The second-order valence-electron chi connectivity index (χ2n) is 13.3. The Balaban J connectivity index is 1.39. The molecule has 3 aliphatic heterocycles. The zero-order chi connectivity index (χ0) is 34.6. The minimum Gasteiger partial charge on any atom is -0.454 e. The molecule has 256 valence electrons. The number of alkyl carbamates (subject to hydrolysis) is 1. The minimum absolute atomic E-state index is 0.00386. The number of hydrogen-bond acceptors (Lipinski definition) is 10. The van der Waals surface area contributed by atoms with E-state index < -0.39 is 58.7 Å². The van der Waals surface area contributed by atoms with E-state index in [0.29, 0.717) is 23.6 Å². The van der Waals surface area contributed by atoms with E-state index in [2.05, 4.69) is 15.8 Å². The topological polar surface area (TPSA) is 188 Å². The van der Waals surface area contributed by atoms with Gasteiger partial charge in [0.15, 0.2) is 17.1 Å². The standard InChI is InChI=1S/C34H41N5O9/c1-5-9-22(27(40)29(35)41)36-30(42)24-16-34(15-23(38-48-34)21-12-13-25-26(14-21)47-19-46-25)18-39(24)31(43)28(33(2,3)4)37-32(44)45-17-20-10-7-6-8-11-20/h6-8,10-14,22,24,28H,5,9,15-19H2,1-4H3,(H2,35,41)(H,36,42)(H,37,44)/t22-,24-,28+,34+/m0/s1. The normalized spacial score (nSPS) is 20.8. The molecule has 0 aliphatic carbocycles. The van der Waals surface area contributed by atoms with Gasteiger partial charge in [0.25, 0.3) is 5.91 Å². The van der Waals surface area contributed by atoms with Crippen LogP contribution in [0.2, 0.25) is 0 Å². The number of amides is 4. The highest BCUT2D eigenvalue weighted by Crippen LogP contribution is 2.41. The highest BCUT2D eigenvalue weighted by Gasteiger charge is 2.55. The van der Waals surface area contributed by atoms with Gasteiger partial charge in [-0.3, -0.25) is 19.2 Å². The average molecular weight is 664 g/mol. The lowest BCUT2D eigenvalue weighted by molar-refractivity contribution is -0.143. The third-order valence-electron chi connectivity index (χ3n) is 8.57. The van der Waals surface area contributed by atoms with Crippen molar-refractivity contribution < 1.29 is 43.0 Å². The van der Waals surface area contributed by atoms with Crippen LogP contribution in [0.15, 0.2) is 53.7 Å². The molecule has 0 bridgehead atoms. The van der Waals surface area contributed by atoms with Crippen LogP contribution in [0.1, 0.15) is 64.5 Å². The summed E-state index contributed by atoms with van der Waals surface area (Å²) in [5, 5.41) is 9.68. The van der Waals surface area contributed by atoms with Gasteiger partial charge in [0.05, 0.1) is 18.3 Å². The molecule has 2 aromatic carbocycles. The number of likely N-dealkylation sites (tertiary alicyclic amines) is 1. The Morgan fingerprint density at radius 2 is 1.79 bits per heavy atom. The lowest BCUT2D eigenvalue weighted by atomic mass is 9.85. The summed E-state index contributed by atoms with van der Waals surface area (Å²) in [6.45, 7) is 7.20. The first-order valence-electron chi connectivity index (χ1n) is 15.9. The molecule has 4 N–H and O–H groups in total. The van der Waals surface area contributed by atoms with Crippen LogP contribution >= 0.6 is 0 Å². The van der Waals surface area contributed by atoms with Crippen LogP contribution in [-0.4, -0.2) is 77.3 Å². The molecular formula is C34H41N5O9. The Kier molecular flexibility index (Phi) is 9.92. The second kappa shape index (κ2) is 13.9. The Morgan fingerprint density at radius 3 is 2.48 bits per heavy atom. The SMILES string of the molecule is CCC[C@H](NC(=O)[C@@H]1C[C@]2(CC(c3ccc4c(c3)OCO4)=NO2)CN1C(=O)[C@@H](NC(=O)OCc1ccccc1)C(C)(C)C)C(=O)C(N)=O. The maximum absolute atomic E-state index is 14.4. The molecule has 1 spiro atoms. The monoisotopic (exact) mass is 663 g/mol. The summed E-state index contributed by atoms with van der Waals surface area (Å²) in [6.07, 6.45) is 0.139. The number of nitrogens with two attached hydrogens (primary N) is 1. The number of benzene rings is 2. The summed E-state index contributed by atoms with van der Waals surface area (Å²) < 4.78 is 16.3. The van der Waals surface area contributed by atoms with E-state index in [0.717, 1.165) is 11.1 Å². The lowest BCUT2D eigenvalue weighted by Gasteiger charge is -2.35. The van der Waals surface area contributed by atoms with Gasteiger partial charge in [0, 0.05) is 18.4 Å². The number of fused-ring (bicyclic) bond motifs is 1. The predicted molar refractivity (Wildman–Crippen MR) is 172 cm³/mol. The molecule has 0 unspecified atom stereocenters. The van der Waals surface area contributed by atoms with E-state index in [1.165, 1.54) is 4.90 Å². The molecule has 48 heavy (non-hydrogen) atoms. The van der Waals surface area contributed by atoms with Gasteiger partial charge in [-0.1, -0.05) is 69.6 Å². The third kappa shape index (κ3) is 7.53. The molecule has 5 rings (SSSR count). The van der Waals surface area contributed by atoms with Crippen LogP contribution in [0, 0.1) is 5.41 Å². The first-order chi connectivity index (χ1) is 22.8. The van der Waals surface area contributed by atoms with Crippen molar-refractivity contribution in [2.45, 2.75) is 83.7 Å². The Morgan fingerprint density at radius 1 is 1.06 bits per heavy atom. The van der Waals surface area contributed by atoms with Crippen molar-refractivity contribution in [3.63, 3.8) is 0 Å². The van der Waals surface area contributed by atoms with Gasteiger partial charge in [0.1, 0.15) is 18.7 Å². The highest BCUT2D eigenvalue weighted by atomic mass is 16.7. The Labute approximate surface area is 278 Å². The molecule has 4 atom stereocenters. The first kappa shape index (κ1) is 34.2. The van der Waals surface area contributed by atoms with Gasteiger partial charge >= 0.3 is 6.09 Å². The number of carbonyl (C=O) groups excluding carboxylic acids is 5. The lowest BCUT2D eigenvalue weighted by Crippen LogP contribution is -2.59. The van der Waals surface area contributed by atoms with Gasteiger partial charge in [-0.05, 0) is 35.6 Å². The van der Waals surface area contributed by atoms with Crippen molar-refractivity contribution in [2.75, 3.05) is 13.3 Å². The van der Waals surface area contributed by atoms with Crippen molar-refractivity contribution in [3.8, 4) is 11.5 Å². The molecular weight excluding hydrogens is 622 g/mol. The fourth-order valence-electron chi connectivity index (χ4n) is 6.05. The summed E-state index contributed by atoms with van der Waals surface area (Å²) in [5.41, 5.74) is 5.45. The van der Waals surface area contributed by atoms with Crippen LogP contribution in [0.4, 0.5) is 4.79 Å². The van der Waals surface area contributed by atoms with E-state index in [4.69, 9.17) is 24.8 Å². The van der Waals surface area contributed by atoms with Gasteiger partial charge in [-0.25, -0.2) is 4.79 Å². The Hall–Kier alpha value is -5.14. The quantitative estimate of drug-likeness (QED) is 0.304.